The summed E-state index contributed by atoms with van der Waals surface area (Å²) < 4.78 is 0. The molecule has 0 aliphatic carbocycles. The zero-order chi connectivity index (χ0) is 14.5. The van der Waals surface area contributed by atoms with Gasteiger partial charge in [0.05, 0.1) is 6.20 Å². The molecule has 0 aromatic carbocycles. The molecule has 1 heterocycles. The molecule has 104 valence electrons. The van der Waals surface area contributed by atoms with Crippen LogP contribution in [0.15, 0.2) is 18.6 Å². The predicted molar refractivity (Wildman–Crippen MR) is 68.8 cm³/mol. The van der Waals surface area contributed by atoms with Crippen LogP contribution in [0.4, 0.5) is 4.79 Å². The summed E-state index contributed by atoms with van der Waals surface area (Å²) in [5.74, 6) is -0.368. The van der Waals surface area contributed by atoms with Crippen LogP contribution in [-0.2, 0) is 0 Å². The fraction of sp³-hybridized carbons (Fsp3) is 0.500. The van der Waals surface area contributed by atoms with Crippen LogP contribution >= 0.6 is 0 Å². The lowest BCUT2D eigenvalue weighted by atomic mass is 10.1. The van der Waals surface area contributed by atoms with Gasteiger partial charge in [0.2, 0.25) is 0 Å². The van der Waals surface area contributed by atoms with Crippen molar-refractivity contribution in [2.45, 2.75) is 26.3 Å². The van der Waals surface area contributed by atoms with Crippen molar-refractivity contribution in [3.05, 3.63) is 24.3 Å². The number of nitrogens with zero attached hydrogens (tertiary/aromatic N) is 3. The van der Waals surface area contributed by atoms with Crippen LogP contribution in [0, 0.1) is 0 Å². The first-order valence-electron chi connectivity index (χ1n) is 5.87. The van der Waals surface area contributed by atoms with Gasteiger partial charge in [-0.2, -0.15) is 0 Å². The van der Waals surface area contributed by atoms with Gasteiger partial charge in [-0.3, -0.25) is 9.78 Å². The van der Waals surface area contributed by atoms with Crippen molar-refractivity contribution < 1.29 is 14.7 Å². The summed E-state index contributed by atoms with van der Waals surface area (Å²) in [4.78, 5) is 31.7. The summed E-state index contributed by atoms with van der Waals surface area (Å²) >= 11 is 0. The molecule has 0 aliphatic heterocycles. The second-order valence-electron chi connectivity index (χ2n) is 4.95. The van der Waals surface area contributed by atoms with Crippen molar-refractivity contribution in [3.8, 4) is 0 Å². The van der Waals surface area contributed by atoms with Crippen LogP contribution < -0.4 is 5.32 Å². The quantitative estimate of drug-likeness (QED) is 0.847. The number of hydrogen-bond acceptors (Lipinski definition) is 4. The van der Waals surface area contributed by atoms with Gasteiger partial charge in [-0.15, -0.1) is 0 Å². The monoisotopic (exact) mass is 266 g/mol. The maximum absolute atomic E-state index is 11.7. The van der Waals surface area contributed by atoms with Crippen molar-refractivity contribution in [3.63, 3.8) is 0 Å². The average Bonchev–Trinajstić information content (AvgIpc) is 2.33. The number of carboxylic acid groups (broad SMARTS) is 1. The maximum Gasteiger partial charge on any atom is 0.407 e. The van der Waals surface area contributed by atoms with Crippen LogP contribution in [0.25, 0.3) is 0 Å². The SMILES string of the molecule is CC(C)(C)N(CCNC(=O)c1cnccn1)C(=O)O. The van der Waals surface area contributed by atoms with Crippen molar-refractivity contribution in [1.82, 2.24) is 20.2 Å². The Morgan fingerprint density at radius 3 is 2.53 bits per heavy atom. The van der Waals surface area contributed by atoms with Crippen molar-refractivity contribution >= 4 is 12.0 Å². The fourth-order valence-electron chi connectivity index (χ4n) is 1.51. The van der Waals surface area contributed by atoms with Gasteiger partial charge in [0.1, 0.15) is 5.69 Å². The number of hydrogen-bond donors (Lipinski definition) is 2. The fourth-order valence-corrected chi connectivity index (χ4v) is 1.51. The summed E-state index contributed by atoms with van der Waals surface area (Å²) in [6, 6.07) is 0. The van der Waals surface area contributed by atoms with E-state index in [1.54, 1.807) is 20.8 Å². The molecule has 0 bridgehead atoms. The molecule has 7 heteroatoms. The minimum absolute atomic E-state index is 0.208. The molecule has 2 amide bonds. The van der Waals surface area contributed by atoms with Crippen molar-refractivity contribution in [1.29, 1.82) is 0 Å². The third kappa shape index (κ3) is 4.53. The Morgan fingerprint density at radius 2 is 2.05 bits per heavy atom. The van der Waals surface area contributed by atoms with Crippen LogP contribution in [0.5, 0.6) is 0 Å². The Morgan fingerprint density at radius 1 is 1.37 bits per heavy atom. The molecule has 1 rings (SSSR count). The highest BCUT2D eigenvalue weighted by molar-refractivity contribution is 5.91. The lowest BCUT2D eigenvalue weighted by Gasteiger charge is -2.33. The Balaban J connectivity index is 2.50. The molecule has 0 saturated carbocycles. The summed E-state index contributed by atoms with van der Waals surface area (Å²) in [6.07, 6.45) is 3.24. The lowest BCUT2D eigenvalue weighted by molar-refractivity contribution is 0.0888. The molecule has 0 fully saturated rings. The smallest absolute Gasteiger partial charge is 0.407 e. The van der Waals surface area contributed by atoms with E-state index in [1.165, 1.54) is 23.5 Å². The molecule has 0 unspecified atom stereocenters. The summed E-state index contributed by atoms with van der Waals surface area (Å²) in [5, 5.41) is 11.7. The molecule has 0 saturated heterocycles. The zero-order valence-electron chi connectivity index (χ0n) is 11.3. The number of aromatic nitrogens is 2. The molecule has 0 spiro atoms. The van der Waals surface area contributed by atoms with Gasteiger partial charge in [-0.25, -0.2) is 9.78 Å². The Hall–Kier alpha value is -2.18. The van der Waals surface area contributed by atoms with Gasteiger partial charge in [-0.1, -0.05) is 0 Å². The molecule has 0 aliphatic rings. The predicted octanol–water partition coefficient (Wildman–Crippen LogP) is 0.985. The molecular weight excluding hydrogens is 248 g/mol. The summed E-state index contributed by atoms with van der Waals surface area (Å²) in [7, 11) is 0. The first-order chi connectivity index (χ1) is 8.82. The molecular formula is C12H18N4O3. The maximum atomic E-state index is 11.7. The topological polar surface area (TPSA) is 95.4 Å². The Bertz CT molecular complexity index is 442. The molecule has 2 N–H and O–H groups in total. The van der Waals surface area contributed by atoms with Gasteiger partial charge in [0, 0.05) is 31.0 Å². The molecule has 1 aromatic heterocycles. The van der Waals surface area contributed by atoms with E-state index in [4.69, 9.17) is 5.11 Å². The highest BCUT2D eigenvalue weighted by Gasteiger charge is 2.25. The van der Waals surface area contributed by atoms with Crippen molar-refractivity contribution in [2.24, 2.45) is 0 Å². The third-order valence-electron chi connectivity index (χ3n) is 2.46. The van der Waals surface area contributed by atoms with E-state index in [-0.39, 0.29) is 24.7 Å². The first-order valence-corrected chi connectivity index (χ1v) is 5.87. The third-order valence-corrected chi connectivity index (χ3v) is 2.46. The molecule has 19 heavy (non-hydrogen) atoms. The molecule has 0 atom stereocenters. The number of carbonyl (C=O) groups is 2. The van der Waals surface area contributed by atoms with E-state index < -0.39 is 11.6 Å². The highest BCUT2D eigenvalue weighted by atomic mass is 16.4. The normalized spacial score (nSPS) is 10.9. The second kappa shape index (κ2) is 6.12. The van der Waals surface area contributed by atoms with Gasteiger partial charge < -0.3 is 15.3 Å². The molecule has 0 radical (unpaired) electrons. The van der Waals surface area contributed by atoms with Gasteiger partial charge in [0.25, 0.3) is 5.91 Å². The Kier molecular flexibility index (Phi) is 4.80. The van der Waals surface area contributed by atoms with Gasteiger partial charge >= 0.3 is 6.09 Å². The van der Waals surface area contributed by atoms with E-state index in [2.05, 4.69) is 15.3 Å². The van der Waals surface area contributed by atoms with Crippen LogP contribution in [0.2, 0.25) is 0 Å². The van der Waals surface area contributed by atoms with E-state index >= 15 is 0 Å². The van der Waals surface area contributed by atoms with E-state index in [1.807, 2.05) is 0 Å². The number of carbonyl (C=O) groups excluding carboxylic acids is 1. The van der Waals surface area contributed by atoms with Gasteiger partial charge in [0.15, 0.2) is 0 Å². The molecule has 7 nitrogen and oxygen atoms in total. The Labute approximate surface area is 111 Å². The first kappa shape index (κ1) is 14.9. The van der Waals surface area contributed by atoms with Crippen LogP contribution in [-0.4, -0.2) is 50.6 Å². The van der Waals surface area contributed by atoms with Crippen LogP contribution in [0.1, 0.15) is 31.3 Å². The summed E-state index contributed by atoms with van der Waals surface area (Å²) in [6.45, 7) is 5.83. The summed E-state index contributed by atoms with van der Waals surface area (Å²) in [5.41, 5.74) is -0.302. The number of nitrogens with one attached hydrogen (secondary N) is 1. The minimum Gasteiger partial charge on any atom is -0.465 e. The largest absolute Gasteiger partial charge is 0.465 e. The van der Waals surface area contributed by atoms with E-state index in [9.17, 15) is 9.59 Å². The van der Waals surface area contributed by atoms with Gasteiger partial charge in [-0.05, 0) is 20.8 Å². The highest BCUT2D eigenvalue weighted by Crippen LogP contribution is 2.12. The molecule has 1 aromatic rings. The zero-order valence-corrected chi connectivity index (χ0v) is 11.3. The minimum atomic E-state index is -1.01. The van der Waals surface area contributed by atoms with E-state index in [0.29, 0.717) is 0 Å². The standard InChI is InChI=1S/C12H18N4O3/c1-12(2,3)16(11(18)19)7-6-15-10(17)9-8-13-4-5-14-9/h4-5,8H,6-7H2,1-3H3,(H,15,17)(H,18,19). The van der Waals surface area contributed by atoms with Crippen molar-refractivity contribution in [2.75, 3.05) is 13.1 Å². The lowest BCUT2D eigenvalue weighted by Crippen LogP contribution is -2.48. The number of rotatable bonds is 4. The van der Waals surface area contributed by atoms with Crippen LogP contribution in [0.3, 0.4) is 0 Å². The average molecular weight is 266 g/mol. The number of amides is 2. The van der Waals surface area contributed by atoms with E-state index in [0.717, 1.165) is 0 Å². The second-order valence-corrected chi connectivity index (χ2v) is 4.95.